The van der Waals surface area contributed by atoms with Crippen molar-refractivity contribution >= 4 is 17.1 Å². The number of aromatic nitrogens is 4. The van der Waals surface area contributed by atoms with E-state index in [0.29, 0.717) is 12.1 Å². The number of fused-ring (bicyclic) bond motifs is 1. The smallest absolute Gasteiger partial charge is 0.394 e. The van der Waals surface area contributed by atoms with E-state index in [1.807, 2.05) is 0 Å². The molecule has 0 radical (unpaired) electrons. The number of benzene rings is 1. The number of H-pyrrole nitrogens is 1. The van der Waals surface area contributed by atoms with Gasteiger partial charge in [-0.25, -0.2) is 4.98 Å². The average molecular weight is 503 g/mol. The molecule has 2 aromatic heterocycles. The molecular formula is C20H15F6N5O4. The monoisotopic (exact) mass is 503 g/mol. The van der Waals surface area contributed by atoms with Crippen LogP contribution in [-0.4, -0.2) is 48.5 Å². The highest BCUT2D eigenvalue weighted by Gasteiger charge is 2.38. The van der Waals surface area contributed by atoms with Gasteiger partial charge in [0.2, 0.25) is 5.95 Å². The fourth-order valence-corrected chi connectivity index (χ4v) is 3.55. The highest BCUT2D eigenvalue weighted by Crippen LogP contribution is 2.36. The molecule has 15 heteroatoms. The van der Waals surface area contributed by atoms with E-state index in [4.69, 9.17) is 10.5 Å². The van der Waals surface area contributed by atoms with Gasteiger partial charge in [-0.1, -0.05) is 5.92 Å². The Morgan fingerprint density at radius 1 is 1.11 bits per heavy atom. The molecule has 3 heterocycles. The number of alkyl halides is 6. The van der Waals surface area contributed by atoms with E-state index in [9.17, 15) is 41.4 Å². The van der Waals surface area contributed by atoms with Gasteiger partial charge in [-0.2, -0.15) is 31.3 Å². The lowest BCUT2D eigenvalue weighted by atomic mass is 10.0. The Balaban J connectivity index is 1.88. The highest BCUT2D eigenvalue weighted by molar-refractivity contribution is 5.73. The Bertz CT molecular complexity index is 1370. The molecule has 3 atom stereocenters. The third-order valence-electron chi connectivity index (χ3n) is 5.15. The molecule has 35 heavy (non-hydrogen) atoms. The number of hydrogen-bond donors (Lipinski definition) is 4. The van der Waals surface area contributed by atoms with Gasteiger partial charge in [0.25, 0.3) is 5.56 Å². The fraction of sp³-hybridized carbons (Fsp3) is 0.350. The van der Waals surface area contributed by atoms with Crippen molar-refractivity contribution in [2.75, 3.05) is 12.3 Å². The van der Waals surface area contributed by atoms with Crippen molar-refractivity contribution in [1.29, 1.82) is 0 Å². The number of aliphatic hydroxyl groups is 2. The van der Waals surface area contributed by atoms with E-state index in [-0.39, 0.29) is 35.4 Å². The van der Waals surface area contributed by atoms with Gasteiger partial charge in [0.1, 0.15) is 12.3 Å². The van der Waals surface area contributed by atoms with Crippen LogP contribution in [0.4, 0.5) is 32.3 Å². The minimum Gasteiger partial charge on any atom is -0.394 e. The largest absolute Gasteiger partial charge is 0.416 e. The normalized spacial score (nSPS) is 20.7. The SMILES string of the molecule is Nc1nc2c(nc(C#Cc3cc(C(F)(F)F)cc(C(F)(F)F)c3)n2C2CC(O)C(CO)O2)c(=O)[nH]1. The minimum absolute atomic E-state index is 0.0323. The Hall–Kier alpha value is -3.61. The van der Waals surface area contributed by atoms with E-state index >= 15 is 0 Å². The fourth-order valence-electron chi connectivity index (χ4n) is 3.55. The average Bonchev–Trinajstić information content (AvgIpc) is 3.30. The van der Waals surface area contributed by atoms with Crippen molar-refractivity contribution in [3.05, 3.63) is 51.1 Å². The first kappa shape index (κ1) is 24.5. The Labute approximate surface area is 191 Å². The van der Waals surface area contributed by atoms with E-state index in [0.717, 1.165) is 4.57 Å². The lowest BCUT2D eigenvalue weighted by Crippen LogP contribution is -2.24. The standard InChI is InChI=1S/C20H15F6N5O4/c21-19(22,23)9-3-8(4-10(5-9)20(24,25)26)1-2-13-28-15-16(29-18(27)30-17(15)34)31(13)14-6-11(33)12(7-32)35-14/h3-5,11-12,14,32-33H,6-7H2,(H3,27,29,30,34). The molecule has 0 bridgehead atoms. The summed E-state index contributed by atoms with van der Waals surface area (Å²) in [5, 5.41) is 19.4. The summed E-state index contributed by atoms with van der Waals surface area (Å²) >= 11 is 0. The number of aliphatic hydroxyl groups excluding tert-OH is 2. The molecule has 0 aliphatic carbocycles. The molecule has 186 valence electrons. The number of nitrogens with zero attached hydrogens (tertiary/aromatic N) is 3. The number of nitrogens with two attached hydrogens (primary N) is 1. The van der Waals surface area contributed by atoms with E-state index < -0.39 is 59.6 Å². The summed E-state index contributed by atoms with van der Waals surface area (Å²) in [4.78, 5) is 22.4. The zero-order valence-electron chi connectivity index (χ0n) is 17.3. The van der Waals surface area contributed by atoms with Gasteiger partial charge in [-0.05, 0) is 24.1 Å². The van der Waals surface area contributed by atoms with Gasteiger partial charge in [0.05, 0.1) is 23.8 Å². The molecule has 3 aromatic rings. The van der Waals surface area contributed by atoms with Gasteiger partial charge >= 0.3 is 12.4 Å². The zero-order chi connectivity index (χ0) is 25.7. The molecule has 1 aromatic carbocycles. The lowest BCUT2D eigenvalue weighted by molar-refractivity contribution is -0.143. The summed E-state index contributed by atoms with van der Waals surface area (Å²) in [6.45, 7) is -0.550. The quantitative estimate of drug-likeness (QED) is 0.309. The number of aromatic amines is 1. The van der Waals surface area contributed by atoms with E-state index in [1.54, 1.807) is 0 Å². The first-order valence-electron chi connectivity index (χ1n) is 9.81. The number of halogens is 6. The molecule has 5 N–H and O–H groups in total. The van der Waals surface area contributed by atoms with E-state index in [1.165, 1.54) is 0 Å². The molecule has 0 saturated carbocycles. The van der Waals surface area contributed by atoms with E-state index in [2.05, 4.69) is 26.8 Å². The van der Waals surface area contributed by atoms with Gasteiger partial charge in [0, 0.05) is 12.0 Å². The molecule has 1 saturated heterocycles. The summed E-state index contributed by atoms with van der Waals surface area (Å²) in [7, 11) is 0. The van der Waals surface area contributed by atoms with Crippen LogP contribution in [0.2, 0.25) is 0 Å². The molecule has 1 fully saturated rings. The molecule has 4 rings (SSSR count). The predicted octanol–water partition coefficient (Wildman–Crippen LogP) is 1.78. The van der Waals surface area contributed by atoms with Crippen LogP contribution >= 0.6 is 0 Å². The first-order valence-corrected chi connectivity index (χ1v) is 9.81. The predicted molar refractivity (Wildman–Crippen MR) is 107 cm³/mol. The molecule has 0 spiro atoms. The van der Waals surface area contributed by atoms with Crippen LogP contribution in [-0.2, 0) is 17.1 Å². The van der Waals surface area contributed by atoms with Crippen molar-refractivity contribution < 1.29 is 41.3 Å². The number of nitrogens with one attached hydrogen (secondary N) is 1. The topological polar surface area (TPSA) is 139 Å². The van der Waals surface area contributed by atoms with Gasteiger partial charge in [0.15, 0.2) is 17.0 Å². The summed E-state index contributed by atoms with van der Waals surface area (Å²) in [5.41, 5.74) is 0.636. The maximum atomic E-state index is 13.1. The van der Waals surface area contributed by atoms with Crippen LogP contribution in [0.3, 0.4) is 0 Å². The molecular weight excluding hydrogens is 488 g/mol. The van der Waals surface area contributed by atoms with Crippen molar-refractivity contribution in [1.82, 2.24) is 19.5 Å². The van der Waals surface area contributed by atoms with Crippen molar-refractivity contribution in [2.45, 2.75) is 37.2 Å². The van der Waals surface area contributed by atoms with Gasteiger partial charge < -0.3 is 20.7 Å². The summed E-state index contributed by atoms with van der Waals surface area (Å²) in [6, 6.07) is 0.848. The summed E-state index contributed by atoms with van der Waals surface area (Å²) in [5.74, 6) is 3.95. The summed E-state index contributed by atoms with van der Waals surface area (Å²) < 4.78 is 85.5. The lowest BCUT2D eigenvalue weighted by Gasteiger charge is -2.15. The number of hydrogen-bond acceptors (Lipinski definition) is 7. The van der Waals surface area contributed by atoms with Crippen LogP contribution in [0, 0.1) is 11.8 Å². The Morgan fingerprint density at radius 2 is 1.74 bits per heavy atom. The molecule has 9 nitrogen and oxygen atoms in total. The Kier molecular flexibility index (Phi) is 5.99. The summed E-state index contributed by atoms with van der Waals surface area (Å²) in [6.07, 6.45) is -13.4. The molecule has 3 unspecified atom stereocenters. The van der Waals surface area contributed by atoms with Gasteiger partial charge in [-0.3, -0.25) is 14.3 Å². The number of ether oxygens (including phenoxy) is 1. The van der Waals surface area contributed by atoms with Crippen molar-refractivity contribution in [2.24, 2.45) is 0 Å². The first-order chi connectivity index (χ1) is 16.3. The molecule has 1 aliphatic heterocycles. The van der Waals surface area contributed by atoms with Crippen molar-refractivity contribution in [3.63, 3.8) is 0 Å². The van der Waals surface area contributed by atoms with Crippen LogP contribution in [0.1, 0.15) is 35.2 Å². The second-order valence-corrected chi connectivity index (χ2v) is 7.59. The highest BCUT2D eigenvalue weighted by atomic mass is 19.4. The van der Waals surface area contributed by atoms with Crippen LogP contribution in [0.15, 0.2) is 23.0 Å². The maximum absolute atomic E-state index is 13.1. The maximum Gasteiger partial charge on any atom is 0.416 e. The Morgan fingerprint density at radius 3 is 2.29 bits per heavy atom. The van der Waals surface area contributed by atoms with Gasteiger partial charge in [-0.15, -0.1) is 0 Å². The minimum atomic E-state index is -5.06. The van der Waals surface area contributed by atoms with Crippen molar-refractivity contribution in [3.8, 4) is 11.8 Å². The molecule has 0 amide bonds. The molecule has 1 aliphatic rings. The number of imidazole rings is 1. The number of anilines is 1. The third-order valence-corrected chi connectivity index (χ3v) is 5.15. The van der Waals surface area contributed by atoms with Crippen LogP contribution < -0.4 is 11.3 Å². The third kappa shape index (κ3) is 4.81. The van der Waals surface area contributed by atoms with Crippen LogP contribution in [0.25, 0.3) is 11.2 Å². The van der Waals surface area contributed by atoms with Crippen LogP contribution in [0.5, 0.6) is 0 Å². The number of nitrogen functional groups attached to an aromatic ring is 1. The second kappa shape index (κ2) is 8.56. The zero-order valence-corrected chi connectivity index (χ0v) is 17.3. The second-order valence-electron chi connectivity index (χ2n) is 7.59. The number of rotatable bonds is 2.